The molecule has 0 saturated heterocycles. The van der Waals surface area contributed by atoms with E-state index in [0.29, 0.717) is 19.6 Å². The number of hydrogen-bond acceptors (Lipinski definition) is 0. The molecule has 154 valence electrons. The average molecular weight is 531 g/mol. The van der Waals surface area contributed by atoms with Crippen molar-refractivity contribution in [3.05, 3.63) is 95.3 Å². The van der Waals surface area contributed by atoms with E-state index in [9.17, 15) is 0 Å². The van der Waals surface area contributed by atoms with Crippen molar-refractivity contribution < 1.29 is 20.4 Å². The minimum absolute atomic E-state index is 0.397. The Bertz CT molecular complexity index is 1160. The van der Waals surface area contributed by atoms with E-state index in [4.69, 9.17) is 23.2 Å². The van der Waals surface area contributed by atoms with Crippen LogP contribution in [-0.2, 0) is 20.4 Å². The maximum absolute atomic E-state index is 6.37. The molecule has 0 fully saturated rings. The van der Waals surface area contributed by atoms with Gasteiger partial charge >= 0.3 is 200 Å². The molecule has 0 saturated carbocycles. The van der Waals surface area contributed by atoms with Gasteiger partial charge in [0.05, 0.1) is 0 Å². The van der Waals surface area contributed by atoms with E-state index in [1.807, 2.05) is 9.35 Å². The molecule has 2 aliphatic carbocycles. The van der Waals surface area contributed by atoms with Crippen LogP contribution in [-0.4, -0.2) is 5.43 Å². The molecule has 2 aliphatic rings. The molecule has 0 bridgehead atoms. The average Bonchev–Trinajstić information content (AvgIpc) is 3.15. The molecule has 0 spiro atoms. The first-order valence-electron chi connectivity index (χ1n) is 10.5. The van der Waals surface area contributed by atoms with E-state index >= 15 is 0 Å². The Labute approximate surface area is 198 Å². The van der Waals surface area contributed by atoms with Gasteiger partial charge in [0.15, 0.2) is 0 Å². The Balaban J connectivity index is 1.92. The Morgan fingerprint density at radius 3 is 2.10 bits per heavy atom. The number of rotatable bonds is 3. The molecule has 2 unspecified atom stereocenters. The predicted molar refractivity (Wildman–Crippen MR) is 130 cm³/mol. The van der Waals surface area contributed by atoms with Crippen LogP contribution in [0.25, 0.3) is 5.57 Å². The molecule has 4 rings (SSSR count). The number of halogens is 2. The first kappa shape index (κ1) is 22.5. The number of hydrogen-bond donors (Lipinski definition) is 0. The fourth-order valence-corrected chi connectivity index (χ4v) is 25.3. The van der Waals surface area contributed by atoms with Crippen molar-refractivity contribution in [1.29, 1.82) is 0 Å². The van der Waals surface area contributed by atoms with E-state index in [1.165, 1.54) is 22.3 Å². The quantitative estimate of drug-likeness (QED) is 0.349. The van der Waals surface area contributed by atoms with Gasteiger partial charge < -0.3 is 0 Å². The Kier molecular flexibility index (Phi) is 6.54. The predicted octanol–water partition coefficient (Wildman–Crippen LogP) is 8.61. The molecule has 4 heteroatoms. The third kappa shape index (κ3) is 3.83. The third-order valence-electron chi connectivity index (χ3n) is 6.87. The summed E-state index contributed by atoms with van der Waals surface area (Å²) < 4.78 is 2.44. The summed E-state index contributed by atoms with van der Waals surface area (Å²) in [6.45, 7) is 14.6. The molecule has 0 nitrogen and oxygen atoms in total. The fraction of sp³-hybridized carbons (Fsp3) is 0.308. The second kappa shape index (κ2) is 8.70. The van der Waals surface area contributed by atoms with Gasteiger partial charge in [-0.3, -0.25) is 0 Å². The van der Waals surface area contributed by atoms with E-state index < -0.39 is 25.8 Å². The van der Waals surface area contributed by atoms with Crippen molar-refractivity contribution >= 4 is 34.2 Å². The van der Waals surface area contributed by atoms with E-state index in [0.717, 1.165) is 5.56 Å². The van der Waals surface area contributed by atoms with Crippen molar-refractivity contribution in [2.75, 3.05) is 0 Å². The van der Waals surface area contributed by atoms with E-state index in [2.05, 4.69) is 83.3 Å². The normalized spacial score (nSPS) is 20.6. The maximum atomic E-state index is 6.37. The summed E-state index contributed by atoms with van der Waals surface area (Å²) in [6, 6.07) is 14.9. The number of fused-ring (bicyclic) bond motifs is 1. The zero-order valence-electron chi connectivity index (χ0n) is 18.5. The van der Waals surface area contributed by atoms with Crippen LogP contribution in [0.5, 0.6) is 0 Å². The van der Waals surface area contributed by atoms with Crippen LogP contribution in [0, 0.1) is 5.92 Å². The van der Waals surface area contributed by atoms with Gasteiger partial charge in [0.1, 0.15) is 0 Å². The van der Waals surface area contributed by atoms with Crippen molar-refractivity contribution in [2.24, 2.45) is 5.92 Å². The molecular formula is C26H28Cl2SiZr. The SMILES string of the molecule is CC1=C(C)C(C)[C]([Zr]([CH]2C=C(c3cc(Cl)cc(Cl)c3)c3ccccc32)=[Si](C)C)=C1C. The molecule has 0 N–H and O–H groups in total. The fourth-order valence-electron chi connectivity index (χ4n) is 5.11. The second-order valence-electron chi connectivity index (χ2n) is 8.79. The zero-order valence-corrected chi connectivity index (χ0v) is 23.5. The van der Waals surface area contributed by atoms with Crippen molar-refractivity contribution in [2.45, 2.75) is 44.4 Å². The number of allylic oxidation sites excluding steroid dienone is 5. The molecule has 0 heterocycles. The van der Waals surface area contributed by atoms with Crippen LogP contribution in [0.2, 0.25) is 23.1 Å². The molecule has 0 radical (unpaired) electrons. The van der Waals surface area contributed by atoms with Gasteiger partial charge in [0.2, 0.25) is 0 Å². The summed E-state index contributed by atoms with van der Waals surface area (Å²) in [5.41, 5.74) is 9.67. The summed E-state index contributed by atoms with van der Waals surface area (Å²) in [4.78, 5) is 0. The Morgan fingerprint density at radius 2 is 1.53 bits per heavy atom. The van der Waals surface area contributed by atoms with Gasteiger partial charge in [-0.2, -0.15) is 0 Å². The minimum atomic E-state index is -1.98. The van der Waals surface area contributed by atoms with Crippen LogP contribution in [0.3, 0.4) is 0 Å². The van der Waals surface area contributed by atoms with Crippen LogP contribution in [0.15, 0.2) is 68.5 Å². The van der Waals surface area contributed by atoms with Gasteiger partial charge in [-0.05, 0) is 0 Å². The molecule has 2 aromatic carbocycles. The first-order chi connectivity index (χ1) is 14.2. The molecule has 2 atom stereocenters. The number of benzene rings is 2. The Hall–Kier alpha value is -0.660. The first-order valence-corrected chi connectivity index (χ1v) is 20.1. The third-order valence-corrected chi connectivity index (χ3v) is 25.9. The van der Waals surface area contributed by atoms with Gasteiger partial charge in [-0.15, -0.1) is 0 Å². The summed E-state index contributed by atoms with van der Waals surface area (Å²) in [6.07, 6.45) is 2.58. The molecule has 0 aromatic heterocycles. The molecule has 0 amide bonds. The van der Waals surface area contributed by atoms with E-state index in [1.54, 1.807) is 11.1 Å². The summed E-state index contributed by atoms with van der Waals surface area (Å²) in [7, 11) is 0. The van der Waals surface area contributed by atoms with Gasteiger partial charge in [-0.25, -0.2) is 0 Å². The monoisotopic (exact) mass is 528 g/mol. The summed E-state index contributed by atoms with van der Waals surface area (Å²) in [5.74, 6) is 0.615. The van der Waals surface area contributed by atoms with Crippen molar-refractivity contribution in [3.63, 3.8) is 0 Å². The van der Waals surface area contributed by atoms with Crippen molar-refractivity contribution in [1.82, 2.24) is 0 Å². The zero-order chi connectivity index (χ0) is 21.7. The van der Waals surface area contributed by atoms with Gasteiger partial charge in [-0.1, -0.05) is 0 Å². The van der Waals surface area contributed by atoms with Crippen LogP contribution in [0.4, 0.5) is 0 Å². The van der Waals surface area contributed by atoms with Gasteiger partial charge in [0, 0.05) is 0 Å². The van der Waals surface area contributed by atoms with Crippen LogP contribution in [0.1, 0.15) is 48.0 Å². The molecular weight excluding hydrogens is 503 g/mol. The molecule has 30 heavy (non-hydrogen) atoms. The van der Waals surface area contributed by atoms with Crippen molar-refractivity contribution in [3.8, 4) is 0 Å². The summed E-state index contributed by atoms with van der Waals surface area (Å²) >= 11 is 10.8. The van der Waals surface area contributed by atoms with Crippen LogP contribution >= 0.6 is 23.2 Å². The van der Waals surface area contributed by atoms with Crippen LogP contribution < -0.4 is 0 Å². The molecule has 2 aromatic rings. The summed E-state index contributed by atoms with van der Waals surface area (Å²) in [5, 5.41) is 1.40. The standard InChI is InChI=1S/C15H9Cl2.C9H13.C2H6Si.Zr/c16-12-7-11(8-13(17)9-12)15-6-5-10-3-1-2-4-14(10)15;1-6-5-7(2)9(4)8(6)3;1-3-2;/h1-9H;6H,1-4H3;1-2H3;. The Morgan fingerprint density at radius 1 is 0.900 bits per heavy atom. The van der Waals surface area contributed by atoms with E-state index in [-0.39, 0.29) is 0 Å². The van der Waals surface area contributed by atoms with Gasteiger partial charge in [0.25, 0.3) is 0 Å². The molecule has 0 aliphatic heterocycles. The second-order valence-corrected chi connectivity index (χ2v) is 27.1. The topological polar surface area (TPSA) is 0 Å².